The van der Waals surface area contributed by atoms with Crippen molar-refractivity contribution >= 4 is 27.6 Å². The Labute approximate surface area is 205 Å². The first-order valence-electron chi connectivity index (χ1n) is 13.2. The SMILES string of the molecule is CCC1(CC)c2cc(C(C)(C)C)cc3nc(C(C)(C)C)n4c5ccccc5[n+](c4c23)C1(C)CC. The minimum Gasteiger partial charge on any atom is -0.216 e. The van der Waals surface area contributed by atoms with Gasteiger partial charge in [0.05, 0.1) is 10.9 Å². The molecule has 0 spiro atoms. The first-order valence-corrected chi connectivity index (χ1v) is 13.2. The van der Waals surface area contributed by atoms with Crippen LogP contribution in [-0.2, 0) is 21.8 Å². The van der Waals surface area contributed by atoms with E-state index in [-0.39, 0.29) is 21.8 Å². The summed E-state index contributed by atoms with van der Waals surface area (Å²) >= 11 is 0. The Morgan fingerprint density at radius 3 is 2.09 bits per heavy atom. The highest BCUT2D eigenvalue weighted by molar-refractivity contribution is 5.98. The van der Waals surface area contributed by atoms with E-state index in [1.165, 1.54) is 33.2 Å². The van der Waals surface area contributed by atoms with Crippen molar-refractivity contribution in [3.8, 4) is 0 Å². The summed E-state index contributed by atoms with van der Waals surface area (Å²) in [4.78, 5) is 5.46. The van der Waals surface area contributed by atoms with Crippen LogP contribution in [0, 0.1) is 0 Å². The lowest BCUT2D eigenvalue weighted by atomic mass is 9.59. The minimum absolute atomic E-state index is 0.0362. The van der Waals surface area contributed by atoms with E-state index in [4.69, 9.17) is 4.98 Å². The summed E-state index contributed by atoms with van der Waals surface area (Å²) in [6.45, 7) is 23.6. The van der Waals surface area contributed by atoms with E-state index >= 15 is 0 Å². The monoisotopic (exact) mass is 456 g/mol. The van der Waals surface area contributed by atoms with Crippen LogP contribution in [-0.4, -0.2) is 9.38 Å². The Morgan fingerprint density at radius 1 is 0.882 bits per heavy atom. The number of para-hydroxylation sites is 2. The average molecular weight is 457 g/mol. The van der Waals surface area contributed by atoms with Crippen LogP contribution < -0.4 is 4.57 Å². The quantitative estimate of drug-likeness (QED) is 0.289. The fourth-order valence-electron chi connectivity index (χ4n) is 6.93. The van der Waals surface area contributed by atoms with Crippen molar-refractivity contribution in [2.24, 2.45) is 0 Å². The molecule has 3 heterocycles. The predicted octanol–water partition coefficient (Wildman–Crippen LogP) is 7.72. The molecule has 2 aromatic carbocycles. The third-order valence-corrected chi connectivity index (χ3v) is 9.04. The van der Waals surface area contributed by atoms with E-state index < -0.39 is 0 Å². The van der Waals surface area contributed by atoms with Crippen LogP contribution in [0.4, 0.5) is 0 Å². The fraction of sp³-hybridized carbons (Fsp3) is 0.548. The molecule has 2 aromatic heterocycles. The Kier molecular flexibility index (Phi) is 4.84. The van der Waals surface area contributed by atoms with Gasteiger partial charge in [-0.25, -0.2) is 9.55 Å². The lowest BCUT2D eigenvalue weighted by Crippen LogP contribution is -2.67. The Hall–Kier alpha value is -2.42. The molecule has 0 aliphatic carbocycles. The van der Waals surface area contributed by atoms with Gasteiger partial charge in [-0.3, -0.25) is 0 Å². The summed E-state index contributed by atoms with van der Waals surface area (Å²) in [6, 6.07) is 13.9. The highest BCUT2D eigenvalue weighted by Gasteiger charge is 2.57. The van der Waals surface area contributed by atoms with E-state index in [0.29, 0.717) is 0 Å². The van der Waals surface area contributed by atoms with Crippen molar-refractivity contribution in [1.82, 2.24) is 9.38 Å². The summed E-state index contributed by atoms with van der Waals surface area (Å²) in [6.07, 6.45) is 3.29. The van der Waals surface area contributed by atoms with Crippen LogP contribution in [0.1, 0.15) is 105 Å². The first kappa shape index (κ1) is 23.3. The van der Waals surface area contributed by atoms with Gasteiger partial charge >= 0.3 is 0 Å². The van der Waals surface area contributed by atoms with Gasteiger partial charge in [0.25, 0.3) is 5.65 Å². The molecule has 1 aliphatic rings. The number of imidazole rings is 1. The van der Waals surface area contributed by atoms with Gasteiger partial charge < -0.3 is 0 Å². The number of hydrogen-bond acceptors (Lipinski definition) is 1. The minimum atomic E-state index is -0.0849. The third kappa shape index (κ3) is 2.70. The molecule has 0 bridgehead atoms. The van der Waals surface area contributed by atoms with Crippen LogP contribution in [0.3, 0.4) is 0 Å². The standard InChI is InChI=1S/C31H42N3/c1-11-30(10)31(12-2,13-3)21-18-20(28(4,5)6)19-22-25(21)26-33(27(32-22)29(7,8)9)23-16-14-15-17-24(23)34(26)30/h14-19H,11-13H2,1-10H3/q+1. The summed E-state index contributed by atoms with van der Waals surface area (Å²) in [5.41, 5.74) is 7.94. The molecular formula is C31H42N3+. The van der Waals surface area contributed by atoms with E-state index in [1.54, 1.807) is 0 Å². The maximum absolute atomic E-state index is 5.46. The van der Waals surface area contributed by atoms with Gasteiger partial charge in [0.15, 0.2) is 11.0 Å². The van der Waals surface area contributed by atoms with Crippen molar-refractivity contribution in [2.75, 3.05) is 0 Å². The smallest absolute Gasteiger partial charge is 0.216 e. The number of hydrogen-bond donors (Lipinski definition) is 0. The topological polar surface area (TPSA) is 21.2 Å². The molecule has 0 radical (unpaired) electrons. The van der Waals surface area contributed by atoms with Crippen molar-refractivity contribution in [3.63, 3.8) is 0 Å². The van der Waals surface area contributed by atoms with E-state index in [2.05, 4.69) is 115 Å². The molecule has 5 rings (SSSR count). The largest absolute Gasteiger partial charge is 0.299 e. The summed E-state index contributed by atoms with van der Waals surface area (Å²) in [7, 11) is 0. The van der Waals surface area contributed by atoms with E-state index in [9.17, 15) is 0 Å². The lowest BCUT2D eigenvalue weighted by molar-refractivity contribution is -0.729. The van der Waals surface area contributed by atoms with Gasteiger partial charge in [0, 0.05) is 10.8 Å². The molecule has 1 atom stereocenters. The molecule has 1 unspecified atom stereocenters. The molecule has 180 valence electrons. The molecule has 0 saturated heterocycles. The second kappa shape index (κ2) is 7.06. The number of rotatable bonds is 3. The molecule has 0 N–H and O–H groups in total. The van der Waals surface area contributed by atoms with Gasteiger partial charge in [-0.1, -0.05) is 80.5 Å². The molecular weight excluding hydrogens is 414 g/mol. The van der Waals surface area contributed by atoms with Crippen LogP contribution >= 0.6 is 0 Å². The second-order valence-electron chi connectivity index (χ2n) is 12.8. The lowest BCUT2D eigenvalue weighted by Gasteiger charge is -2.49. The zero-order valence-corrected chi connectivity index (χ0v) is 22.9. The van der Waals surface area contributed by atoms with E-state index in [1.807, 2.05) is 0 Å². The van der Waals surface area contributed by atoms with Crippen LogP contribution in [0.25, 0.3) is 27.6 Å². The predicted molar refractivity (Wildman–Crippen MR) is 144 cm³/mol. The first-order chi connectivity index (χ1) is 15.9. The van der Waals surface area contributed by atoms with Gasteiger partial charge in [-0.05, 0) is 60.9 Å². The van der Waals surface area contributed by atoms with Gasteiger partial charge in [-0.15, -0.1) is 0 Å². The molecule has 0 saturated carbocycles. The van der Waals surface area contributed by atoms with Gasteiger partial charge in [0.1, 0.15) is 5.54 Å². The number of nitrogens with zero attached hydrogens (tertiary/aromatic N) is 3. The Bertz CT molecular complexity index is 1440. The number of aromatic nitrogens is 3. The van der Waals surface area contributed by atoms with Crippen molar-refractivity contribution in [1.29, 1.82) is 0 Å². The zero-order chi connectivity index (χ0) is 24.8. The van der Waals surface area contributed by atoms with Crippen LogP contribution in [0.5, 0.6) is 0 Å². The van der Waals surface area contributed by atoms with Crippen molar-refractivity contribution in [3.05, 3.63) is 53.3 Å². The molecule has 1 aliphatic heterocycles. The second-order valence-corrected chi connectivity index (χ2v) is 12.8. The highest BCUT2D eigenvalue weighted by Crippen LogP contribution is 2.53. The normalized spacial score (nSPS) is 20.2. The Balaban J connectivity index is 2.19. The number of fused-ring (bicyclic) bond motifs is 3. The molecule has 4 aromatic rings. The van der Waals surface area contributed by atoms with Crippen molar-refractivity contribution < 1.29 is 4.57 Å². The molecule has 3 nitrogen and oxygen atoms in total. The molecule has 0 amide bonds. The average Bonchev–Trinajstić information content (AvgIpc) is 3.13. The van der Waals surface area contributed by atoms with Crippen LogP contribution in [0.15, 0.2) is 36.4 Å². The molecule has 34 heavy (non-hydrogen) atoms. The highest BCUT2D eigenvalue weighted by atomic mass is 15.2. The maximum Gasteiger partial charge on any atom is 0.299 e. The van der Waals surface area contributed by atoms with Gasteiger partial charge in [-0.2, -0.15) is 4.40 Å². The Morgan fingerprint density at radius 2 is 1.53 bits per heavy atom. The fourth-order valence-corrected chi connectivity index (χ4v) is 6.93. The van der Waals surface area contributed by atoms with Crippen molar-refractivity contribution in [2.45, 2.75) is 110 Å². The maximum atomic E-state index is 5.46. The van der Waals surface area contributed by atoms with E-state index in [0.717, 1.165) is 30.6 Å². The van der Waals surface area contributed by atoms with Gasteiger partial charge in [0.2, 0.25) is 5.82 Å². The summed E-state index contributed by atoms with van der Waals surface area (Å²) in [5, 5.41) is 1.35. The third-order valence-electron chi connectivity index (χ3n) is 9.04. The summed E-state index contributed by atoms with van der Waals surface area (Å²) < 4.78 is 5.19. The molecule has 3 heteroatoms. The molecule has 0 fully saturated rings. The summed E-state index contributed by atoms with van der Waals surface area (Å²) in [5.74, 6) is 1.14. The zero-order valence-electron chi connectivity index (χ0n) is 22.9. The van der Waals surface area contributed by atoms with Crippen LogP contribution in [0.2, 0.25) is 0 Å². The number of benzene rings is 2.